The van der Waals surface area contributed by atoms with Gasteiger partial charge in [0, 0.05) is 37.9 Å². The molecule has 1 aliphatic heterocycles. The van der Waals surface area contributed by atoms with E-state index in [4.69, 9.17) is 0 Å². The van der Waals surface area contributed by atoms with Crippen LogP contribution in [0.4, 0.5) is 0 Å². The lowest BCUT2D eigenvalue weighted by molar-refractivity contribution is 0.181. The molecule has 0 radical (unpaired) electrons. The van der Waals surface area contributed by atoms with Crippen LogP contribution in [0.1, 0.15) is 37.4 Å². The van der Waals surface area contributed by atoms with Gasteiger partial charge in [-0.05, 0) is 32.9 Å². The zero-order chi connectivity index (χ0) is 13.0. The van der Waals surface area contributed by atoms with Crippen molar-refractivity contribution in [3.8, 4) is 0 Å². The molecule has 4 heteroatoms. The molecule has 2 heterocycles. The number of nitrogens with one attached hydrogen (secondary N) is 1. The first-order valence-electron chi connectivity index (χ1n) is 7.13. The number of aryl methyl sites for hydroxylation is 2. The lowest BCUT2D eigenvalue weighted by atomic mass is 10.0. The average Bonchev–Trinajstić information content (AvgIpc) is 2.72. The van der Waals surface area contributed by atoms with E-state index in [1.807, 2.05) is 11.7 Å². The molecule has 102 valence electrons. The second-order valence-electron chi connectivity index (χ2n) is 5.39. The third-order valence-electron chi connectivity index (χ3n) is 3.94. The monoisotopic (exact) mass is 250 g/mol. The number of nitrogens with zero attached hydrogens (tertiary/aromatic N) is 3. The minimum atomic E-state index is 0.709. The second kappa shape index (κ2) is 6.34. The molecule has 1 aromatic rings. The van der Waals surface area contributed by atoms with Crippen LogP contribution in [0, 0.1) is 0 Å². The van der Waals surface area contributed by atoms with Crippen molar-refractivity contribution in [2.75, 3.05) is 20.1 Å². The molecule has 4 nitrogen and oxygen atoms in total. The first-order valence-corrected chi connectivity index (χ1v) is 7.13. The van der Waals surface area contributed by atoms with Gasteiger partial charge in [-0.2, -0.15) is 5.10 Å². The average molecular weight is 250 g/mol. The van der Waals surface area contributed by atoms with Gasteiger partial charge >= 0.3 is 0 Å². The number of hydrogen-bond acceptors (Lipinski definition) is 3. The zero-order valence-electron chi connectivity index (χ0n) is 11.9. The topological polar surface area (TPSA) is 33.1 Å². The Hall–Kier alpha value is -0.870. The van der Waals surface area contributed by atoms with Crippen LogP contribution in [-0.2, 0) is 20.0 Å². The fourth-order valence-electron chi connectivity index (χ4n) is 2.80. The molecule has 0 saturated carbocycles. The van der Waals surface area contributed by atoms with Crippen LogP contribution in [0.5, 0.6) is 0 Å². The van der Waals surface area contributed by atoms with E-state index in [1.54, 1.807) is 0 Å². The van der Waals surface area contributed by atoms with E-state index in [0.717, 1.165) is 19.5 Å². The SMILES string of the molecule is CCc1nn(C)cc1CNCC1CCCCN1C. The molecular weight excluding hydrogens is 224 g/mol. The molecule has 1 atom stereocenters. The molecule has 1 aliphatic rings. The fourth-order valence-corrected chi connectivity index (χ4v) is 2.80. The minimum Gasteiger partial charge on any atom is -0.311 e. The predicted octanol–water partition coefficient (Wildman–Crippen LogP) is 1.56. The Morgan fingerprint density at radius 3 is 2.94 bits per heavy atom. The van der Waals surface area contributed by atoms with Crippen molar-refractivity contribution in [3.63, 3.8) is 0 Å². The van der Waals surface area contributed by atoms with E-state index in [-0.39, 0.29) is 0 Å². The Balaban J connectivity index is 1.80. The first kappa shape index (κ1) is 13.6. The Morgan fingerprint density at radius 1 is 1.39 bits per heavy atom. The van der Waals surface area contributed by atoms with Gasteiger partial charge < -0.3 is 10.2 Å². The standard InChI is InChI=1S/C14H26N4/c1-4-14-12(11-18(3)16-14)9-15-10-13-7-5-6-8-17(13)2/h11,13,15H,4-10H2,1-3H3. The van der Waals surface area contributed by atoms with Gasteiger partial charge in [0.15, 0.2) is 0 Å². The van der Waals surface area contributed by atoms with Crippen molar-refractivity contribution in [1.82, 2.24) is 20.0 Å². The molecule has 0 aliphatic carbocycles. The molecule has 1 N–H and O–H groups in total. The first-order chi connectivity index (χ1) is 8.70. The quantitative estimate of drug-likeness (QED) is 0.861. The van der Waals surface area contributed by atoms with Gasteiger partial charge in [-0.3, -0.25) is 4.68 Å². The van der Waals surface area contributed by atoms with Crippen molar-refractivity contribution in [1.29, 1.82) is 0 Å². The number of piperidine rings is 1. The maximum atomic E-state index is 4.48. The summed E-state index contributed by atoms with van der Waals surface area (Å²) in [5.74, 6) is 0. The summed E-state index contributed by atoms with van der Waals surface area (Å²) in [6.07, 6.45) is 7.22. The molecule has 18 heavy (non-hydrogen) atoms. The number of aromatic nitrogens is 2. The maximum Gasteiger partial charge on any atom is 0.0666 e. The van der Waals surface area contributed by atoms with Crippen molar-refractivity contribution in [2.45, 2.75) is 45.2 Å². The van der Waals surface area contributed by atoms with E-state index in [0.29, 0.717) is 6.04 Å². The summed E-state index contributed by atoms with van der Waals surface area (Å²) in [6.45, 7) is 5.45. The smallest absolute Gasteiger partial charge is 0.0666 e. The highest BCUT2D eigenvalue weighted by molar-refractivity contribution is 5.16. The predicted molar refractivity (Wildman–Crippen MR) is 74.6 cm³/mol. The summed E-state index contributed by atoms with van der Waals surface area (Å²) < 4.78 is 1.92. The summed E-state index contributed by atoms with van der Waals surface area (Å²) in [5, 5.41) is 8.07. The summed E-state index contributed by atoms with van der Waals surface area (Å²) >= 11 is 0. The lowest BCUT2D eigenvalue weighted by Crippen LogP contribution is -2.42. The third kappa shape index (κ3) is 3.33. The van der Waals surface area contributed by atoms with Gasteiger partial charge in [0.05, 0.1) is 5.69 Å². The number of hydrogen-bond donors (Lipinski definition) is 1. The molecule has 1 aromatic heterocycles. The van der Waals surface area contributed by atoms with E-state index in [1.165, 1.54) is 37.1 Å². The highest BCUT2D eigenvalue weighted by Gasteiger charge is 2.18. The highest BCUT2D eigenvalue weighted by atomic mass is 15.3. The molecule has 1 fully saturated rings. The molecule has 1 unspecified atom stereocenters. The van der Waals surface area contributed by atoms with Gasteiger partial charge in [-0.25, -0.2) is 0 Å². The van der Waals surface area contributed by atoms with Crippen LogP contribution in [0.3, 0.4) is 0 Å². The Kier molecular flexibility index (Phi) is 4.78. The van der Waals surface area contributed by atoms with Crippen LogP contribution < -0.4 is 5.32 Å². The normalized spacial score (nSPS) is 21.4. The summed E-state index contributed by atoms with van der Waals surface area (Å²) in [6, 6.07) is 0.709. The van der Waals surface area contributed by atoms with Crippen LogP contribution in [0.15, 0.2) is 6.20 Å². The summed E-state index contributed by atoms with van der Waals surface area (Å²) in [5.41, 5.74) is 2.57. The molecule has 1 saturated heterocycles. The number of likely N-dealkylation sites (N-methyl/N-ethyl adjacent to an activating group) is 1. The van der Waals surface area contributed by atoms with Gasteiger partial charge in [-0.1, -0.05) is 13.3 Å². The number of rotatable bonds is 5. The molecule has 0 spiro atoms. The minimum absolute atomic E-state index is 0.709. The van der Waals surface area contributed by atoms with Crippen LogP contribution >= 0.6 is 0 Å². The van der Waals surface area contributed by atoms with Crippen molar-refractivity contribution in [3.05, 3.63) is 17.5 Å². The van der Waals surface area contributed by atoms with Crippen molar-refractivity contribution in [2.24, 2.45) is 7.05 Å². The van der Waals surface area contributed by atoms with Gasteiger partial charge in [0.25, 0.3) is 0 Å². The maximum absolute atomic E-state index is 4.48. The molecule has 2 rings (SSSR count). The second-order valence-corrected chi connectivity index (χ2v) is 5.39. The summed E-state index contributed by atoms with van der Waals surface area (Å²) in [7, 11) is 4.24. The van der Waals surface area contributed by atoms with Gasteiger partial charge in [0.2, 0.25) is 0 Å². The Morgan fingerprint density at radius 2 is 2.22 bits per heavy atom. The Bertz CT molecular complexity index is 372. The van der Waals surface area contributed by atoms with E-state index >= 15 is 0 Å². The highest BCUT2D eigenvalue weighted by Crippen LogP contribution is 2.14. The third-order valence-corrected chi connectivity index (χ3v) is 3.94. The lowest BCUT2D eigenvalue weighted by Gasteiger charge is -2.32. The Labute approximate surface area is 110 Å². The number of likely N-dealkylation sites (tertiary alicyclic amines) is 1. The van der Waals surface area contributed by atoms with E-state index in [9.17, 15) is 0 Å². The zero-order valence-corrected chi connectivity index (χ0v) is 11.9. The van der Waals surface area contributed by atoms with Crippen LogP contribution in [0.2, 0.25) is 0 Å². The van der Waals surface area contributed by atoms with E-state index < -0.39 is 0 Å². The fraction of sp³-hybridized carbons (Fsp3) is 0.786. The van der Waals surface area contributed by atoms with Crippen molar-refractivity contribution < 1.29 is 0 Å². The molecule has 0 aromatic carbocycles. The van der Waals surface area contributed by atoms with E-state index in [2.05, 4.69) is 35.5 Å². The van der Waals surface area contributed by atoms with Gasteiger partial charge in [0.1, 0.15) is 0 Å². The van der Waals surface area contributed by atoms with Crippen LogP contribution in [-0.4, -0.2) is 40.9 Å². The molecule has 0 amide bonds. The molecule has 0 bridgehead atoms. The van der Waals surface area contributed by atoms with Gasteiger partial charge in [-0.15, -0.1) is 0 Å². The largest absolute Gasteiger partial charge is 0.311 e. The van der Waals surface area contributed by atoms with Crippen molar-refractivity contribution >= 4 is 0 Å². The summed E-state index contributed by atoms with van der Waals surface area (Å²) in [4.78, 5) is 2.49. The van der Waals surface area contributed by atoms with Crippen LogP contribution in [0.25, 0.3) is 0 Å². The molecular formula is C14H26N4.